The number of hydrogen-bond acceptors (Lipinski definition) is 6. The van der Waals surface area contributed by atoms with E-state index in [1.807, 2.05) is 24.3 Å². The largest absolute Gasteiger partial charge is 0.496 e. The fourth-order valence-electron chi connectivity index (χ4n) is 4.09. The summed E-state index contributed by atoms with van der Waals surface area (Å²) >= 11 is 7.15. The van der Waals surface area contributed by atoms with Crippen molar-refractivity contribution in [2.75, 3.05) is 25.5 Å². The molecule has 7 nitrogen and oxygen atoms in total. The first-order valence-corrected chi connectivity index (χ1v) is 13.5. The second-order valence-electron chi connectivity index (χ2n) is 8.08. The summed E-state index contributed by atoms with van der Waals surface area (Å²) in [7, 11) is -2.07. The molecule has 1 aliphatic heterocycles. The van der Waals surface area contributed by atoms with Gasteiger partial charge in [0.1, 0.15) is 9.96 Å². The molecule has 1 amide bonds. The zero-order chi connectivity index (χ0) is 24.3. The maximum Gasteiger partial charge on any atom is 0.252 e. The van der Waals surface area contributed by atoms with Crippen LogP contribution in [0.4, 0.5) is 5.69 Å². The number of primary amides is 1. The Balaban J connectivity index is 1.44. The lowest BCUT2D eigenvalue weighted by molar-refractivity contribution is 0.0999. The zero-order valence-electron chi connectivity index (χ0n) is 18.7. The molecule has 180 valence electrons. The van der Waals surface area contributed by atoms with Gasteiger partial charge in [-0.2, -0.15) is 4.31 Å². The van der Waals surface area contributed by atoms with E-state index in [0.717, 1.165) is 10.6 Å². The van der Waals surface area contributed by atoms with Crippen LogP contribution in [0, 0.1) is 0 Å². The van der Waals surface area contributed by atoms with Gasteiger partial charge in [0, 0.05) is 52.3 Å². The van der Waals surface area contributed by atoms with E-state index in [0.29, 0.717) is 58.5 Å². The molecule has 0 spiro atoms. The number of sulfonamides is 1. The third-order valence-electron chi connectivity index (χ3n) is 5.87. The maximum atomic E-state index is 13.3. The predicted octanol–water partition coefficient (Wildman–Crippen LogP) is 4.37. The lowest BCUT2D eigenvalue weighted by Gasteiger charge is -2.31. The average Bonchev–Trinajstić information content (AvgIpc) is 3.30. The van der Waals surface area contributed by atoms with Crippen LogP contribution in [0.3, 0.4) is 0 Å². The fourth-order valence-corrected chi connectivity index (χ4v) is 7.20. The van der Waals surface area contributed by atoms with E-state index < -0.39 is 15.9 Å². The molecule has 0 radical (unpaired) electrons. The number of carbonyl (C=O) groups excluding carboxylic acids is 1. The minimum atomic E-state index is -3.59. The third-order valence-corrected chi connectivity index (χ3v) is 9.57. The molecule has 0 bridgehead atoms. The van der Waals surface area contributed by atoms with Crippen LogP contribution < -0.4 is 15.8 Å². The summed E-state index contributed by atoms with van der Waals surface area (Å²) in [6.45, 7) is 0.887. The maximum absolute atomic E-state index is 13.3. The number of methoxy groups -OCH3 is 1. The molecule has 0 aliphatic carbocycles. The van der Waals surface area contributed by atoms with E-state index >= 15 is 0 Å². The number of nitrogens with zero attached hydrogens (tertiary/aromatic N) is 1. The standard InChI is InChI=1S/C24H26ClN3O4S2/c1-32-22-4-2-3-20(24(26)29)21(22)15-19-9-10-23(33-19)34(30,31)28-13-11-18(12-14-28)27-17-7-5-16(25)6-8-17/h2-10,18,27H,11-15H2,1H3,(H2,26,29). The van der Waals surface area contributed by atoms with Gasteiger partial charge in [-0.3, -0.25) is 4.79 Å². The van der Waals surface area contributed by atoms with Crippen LogP contribution in [0.25, 0.3) is 0 Å². The molecule has 1 aliphatic rings. The molecule has 34 heavy (non-hydrogen) atoms. The van der Waals surface area contributed by atoms with Gasteiger partial charge in [0.25, 0.3) is 10.0 Å². The van der Waals surface area contributed by atoms with Gasteiger partial charge in [-0.05, 0) is 61.4 Å². The van der Waals surface area contributed by atoms with E-state index in [1.54, 1.807) is 34.6 Å². The topological polar surface area (TPSA) is 102 Å². The van der Waals surface area contributed by atoms with Crippen molar-refractivity contribution in [3.63, 3.8) is 0 Å². The molecule has 1 aromatic heterocycles. The van der Waals surface area contributed by atoms with Gasteiger partial charge in [0.2, 0.25) is 5.91 Å². The van der Waals surface area contributed by atoms with Crippen molar-refractivity contribution >= 4 is 44.6 Å². The molecule has 3 N–H and O–H groups in total. The molecule has 1 fully saturated rings. The highest BCUT2D eigenvalue weighted by Crippen LogP contribution is 2.32. The SMILES string of the molecule is COc1cccc(C(N)=O)c1Cc1ccc(S(=O)(=O)N2CCC(Nc3ccc(Cl)cc3)CC2)s1. The number of carbonyl (C=O) groups is 1. The number of anilines is 1. The van der Waals surface area contributed by atoms with Gasteiger partial charge in [-0.25, -0.2) is 8.42 Å². The highest BCUT2D eigenvalue weighted by Gasteiger charge is 2.30. The van der Waals surface area contributed by atoms with Gasteiger partial charge in [-0.1, -0.05) is 17.7 Å². The van der Waals surface area contributed by atoms with E-state index in [9.17, 15) is 13.2 Å². The Morgan fingerprint density at radius 3 is 2.50 bits per heavy atom. The number of hydrogen-bond donors (Lipinski definition) is 2. The molecule has 0 saturated carbocycles. The highest BCUT2D eigenvalue weighted by molar-refractivity contribution is 7.91. The van der Waals surface area contributed by atoms with Crippen LogP contribution in [-0.2, 0) is 16.4 Å². The van der Waals surface area contributed by atoms with E-state index in [4.69, 9.17) is 22.1 Å². The molecule has 0 unspecified atom stereocenters. The number of ether oxygens (including phenoxy) is 1. The Bertz CT molecular complexity index is 1270. The molecule has 1 saturated heterocycles. The summed E-state index contributed by atoms with van der Waals surface area (Å²) in [5.41, 5.74) is 7.52. The van der Waals surface area contributed by atoms with Gasteiger partial charge < -0.3 is 15.8 Å². The summed E-state index contributed by atoms with van der Waals surface area (Å²) in [5.74, 6) is -0.00208. The van der Waals surface area contributed by atoms with Crippen LogP contribution in [0.1, 0.15) is 33.6 Å². The number of halogens is 1. The summed E-state index contributed by atoms with van der Waals surface area (Å²) in [4.78, 5) is 12.7. The molecular weight excluding hydrogens is 494 g/mol. The van der Waals surface area contributed by atoms with Crippen molar-refractivity contribution in [2.24, 2.45) is 5.73 Å². The Morgan fingerprint density at radius 2 is 1.85 bits per heavy atom. The minimum absolute atomic E-state index is 0.198. The van der Waals surface area contributed by atoms with Crippen molar-refractivity contribution in [1.82, 2.24) is 4.31 Å². The third kappa shape index (κ3) is 5.38. The Labute approximate surface area is 208 Å². The number of thiophene rings is 1. The number of nitrogens with two attached hydrogens (primary N) is 1. The quantitative estimate of drug-likeness (QED) is 0.460. The zero-order valence-corrected chi connectivity index (χ0v) is 21.0. The van der Waals surface area contributed by atoms with Crippen molar-refractivity contribution in [3.05, 3.63) is 75.6 Å². The van der Waals surface area contributed by atoms with E-state index in [-0.39, 0.29) is 6.04 Å². The molecule has 4 rings (SSSR count). The second-order valence-corrected chi connectivity index (χ2v) is 11.8. The Hall–Kier alpha value is -2.59. The highest BCUT2D eigenvalue weighted by atomic mass is 35.5. The smallest absolute Gasteiger partial charge is 0.252 e. The van der Waals surface area contributed by atoms with Gasteiger partial charge >= 0.3 is 0 Å². The molecule has 3 aromatic rings. The van der Waals surface area contributed by atoms with E-state index in [2.05, 4.69) is 5.32 Å². The average molecular weight is 520 g/mol. The van der Waals surface area contributed by atoms with Gasteiger partial charge in [0.05, 0.1) is 7.11 Å². The molecular formula is C24H26ClN3O4S2. The van der Waals surface area contributed by atoms with Crippen LogP contribution in [0.2, 0.25) is 5.02 Å². The number of benzene rings is 2. The second kappa shape index (κ2) is 10.4. The Kier molecular flexibility index (Phi) is 7.47. The monoisotopic (exact) mass is 519 g/mol. The van der Waals surface area contributed by atoms with Gasteiger partial charge in [-0.15, -0.1) is 11.3 Å². The summed E-state index contributed by atoms with van der Waals surface area (Å²) < 4.78 is 33.7. The number of rotatable bonds is 8. The van der Waals surface area contributed by atoms with Crippen molar-refractivity contribution in [1.29, 1.82) is 0 Å². The molecule has 2 aromatic carbocycles. The van der Waals surface area contributed by atoms with Gasteiger partial charge in [0.15, 0.2) is 0 Å². The van der Waals surface area contributed by atoms with Crippen LogP contribution in [0.5, 0.6) is 5.75 Å². The van der Waals surface area contributed by atoms with Crippen LogP contribution in [0.15, 0.2) is 58.8 Å². The lowest BCUT2D eigenvalue weighted by Crippen LogP contribution is -2.42. The molecule has 2 heterocycles. The summed E-state index contributed by atoms with van der Waals surface area (Å²) in [6, 6.07) is 16.2. The minimum Gasteiger partial charge on any atom is -0.496 e. The first kappa shape index (κ1) is 24.5. The fraction of sp³-hybridized carbons (Fsp3) is 0.292. The molecule has 0 atom stereocenters. The first-order chi connectivity index (χ1) is 16.3. The molecule has 10 heteroatoms. The van der Waals surface area contributed by atoms with Crippen molar-refractivity contribution in [2.45, 2.75) is 29.5 Å². The number of nitrogens with one attached hydrogen (secondary N) is 1. The summed E-state index contributed by atoms with van der Waals surface area (Å²) in [6.07, 6.45) is 1.78. The Morgan fingerprint density at radius 1 is 1.15 bits per heavy atom. The van der Waals surface area contributed by atoms with Crippen molar-refractivity contribution < 1.29 is 17.9 Å². The van der Waals surface area contributed by atoms with Crippen LogP contribution in [-0.4, -0.2) is 44.9 Å². The lowest BCUT2D eigenvalue weighted by atomic mass is 10.0. The van der Waals surface area contributed by atoms with Crippen LogP contribution >= 0.6 is 22.9 Å². The predicted molar refractivity (Wildman–Crippen MR) is 135 cm³/mol. The number of piperidine rings is 1. The normalized spacial score (nSPS) is 15.2. The summed E-state index contributed by atoms with van der Waals surface area (Å²) in [5, 5.41) is 4.13. The van der Waals surface area contributed by atoms with E-state index in [1.165, 1.54) is 18.4 Å². The number of amides is 1. The van der Waals surface area contributed by atoms with Crippen molar-refractivity contribution in [3.8, 4) is 5.75 Å². The first-order valence-electron chi connectivity index (χ1n) is 10.8.